The van der Waals surface area contributed by atoms with Crippen LogP contribution in [0.25, 0.3) is 0 Å². The standard InChI is InChI=1S/C13H9Cl3FN/c14-10-4-2-9(6-12(10)16)18-7-8-1-3-11(15)13(17)5-8/h1-6,18H,7H2. The summed E-state index contributed by atoms with van der Waals surface area (Å²) >= 11 is 17.3. The summed E-state index contributed by atoms with van der Waals surface area (Å²) in [5.74, 6) is -0.426. The van der Waals surface area contributed by atoms with Crippen LogP contribution < -0.4 is 5.32 Å². The summed E-state index contributed by atoms with van der Waals surface area (Å²) < 4.78 is 13.2. The van der Waals surface area contributed by atoms with Crippen LogP contribution in [0.5, 0.6) is 0 Å². The van der Waals surface area contributed by atoms with E-state index in [1.165, 1.54) is 12.1 Å². The number of nitrogens with one attached hydrogen (secondary N) is 1. The molecule has 0 atom stereocenters. The topological polar surface area (TPSA) is 12.0 Å². The minimum absolute atomic E-state index is 0.119. The predicted octanol–water partition coefficient (Wildman–Crippen LogP) is 5.40. The van der Waals surface area contributed by atoms with Crippen molar-refractivity contribution in [1.29, 1.82) is 0 Å². The van der Waals surface area contributed by atoms with E-state index in [1.54, 1.807) is 24.3 Å². The van der Waals surface area contributed by atoms with Crippen LogP contribution in [0, 0.1) is 5.82 Å². The average molecular weight is 305 g/mol. The molecule has 0 saturated heterocycles. The van der Waals surface area contributed by atoms with Crippen LogP contribution >= 0.6 is 34.8 Å². The second kappa shape index (κ2) is 5.79. The van der Waals surface area contributed by atoms with Crippen LogP contribution in [0.2, 0.25) is 15.1 Å². The fourth-order valence-corrected chi connectivity index (χ4v) is 1.88. The molecule has 0 heterocycles. The molecule has 0 bridgehead atoms. The van der Waals surface area contributed by atoms with Gasteiger partial charge in [-0.05, 0) is 35.9 Å². The number of anilines is 1. The Morgan fingerprint density at radius 1 is 0.889 bits per heavy atom. The number of benzene rings is 2. The molecule has 0 unspecified atom stereocenters. The molecule has 0 aromatic heterocycles. The van der Waals surface area contributed by atoms with E-state index in [2.05, 4.69) is 5.32 Å². The molecule has 2 aromatic carbocycles. The molecule has 94 valence electrons. The van der Waals surface area contributed by atoms with Crippen LogP contribution in [0.15, 0.2) is 36.4 Å². The summed E-state index contributed by atoms with van der Waals surface area (Å²) in [6.45, 7) is 0.478. The normalized spacial score (nSPS) is 10.4. The quantitative estimate of drug-likeness (QED) is 0.800. The van der Waals surface area contributed by atoms with Gasteiger partial charge in [-0.15, -0.1) is 0 Å². The van der Waals surface area contributed by atoms with E-state index in [4.69, 9.17) is 34.8 Å². The van der Waals surface area contributed by atoms with Gasteiger partial charge in [-0.2, -0.15) is 0 Å². The molecule has 2 aromatic rings. The average Bonchev–Trinajstić information content (AvgIpc) is 2.35. The Labute approximate surface area is 119 Å². The lowest BCUT2D eigenvalue weighted by Gasteiger charge is -2.08. The largest absolute Gasteiger partial charge is 0.381 e. The zero-order chi connectivity index (χ0) is 13.1. The van der Waals surface area contributed by atoms with E-state index in [0.717, 1.165) is 11.3 Å². The summed E-state index contributed by atoms with van der Waals surface area (Å²) in [7, 11) is 0. The van der Waals surface area contributed by atoms with E-state index in [1.807, 2.05) is 0 Å². The highest BCUT2D eigenvalue weighted by atomic mass is 35.5. The highest BCUT2D eigenvalue weighted by molar-refractivity contribution is 6.42. The molecule has 0 spiro atoms. The highest BCUT2D eigenvalue weighted by Gasteiger charge is 2.02. The third kappa shape index (κ3) is 3.29. The summed E-state index contributed by atoms with van der Waals surface area (Å²) in [6.07, 6.45) is 0. The third-order valence-corrected chi connectivity index (χ3v) is 3.45. The van der Waals surface area contributed by atoms with Crippen molar-refractivity contribution >= 4 is 40.5 Å². The molecule has 0 aliphatic rings. The molecule has 0 radical (unpaired) electrons. The summed E-state index contributed by atoms with van der Waals surface area (Å²) in [5, 5.41) is 4.22. The SMILES string of the molecule is Fc1cc(CNc2ccc(Cl)c(Cl)c2)ccc1Cl. The van der Waals surface area contributed by atoms with Gasteiger partial charge in [0.1, 0.15) is 5.82 Å². The number of halogens is 4. The van der Waals surface area contributed by atoms with Crippen molar-refractivity contribution in [3.05, 3.63) is 62.8 Å². The maximum Gasteiger partial charge on any atom is 0.142 e. The smallest absolute Gasteiger partial charge is 0.142 e. The maximum atomic E-state index is 13.2. The summed E-state index contributed by atoms with van der Waals surface area (Å²) in [5.41, 5.74) is 1.61. The van der Waals surface area contributed by atoms with Crippen molar-refractivity contribution in [3.63, 3.8) is 0 Å². The van der Waals surface area contributed by atoms with Crippen molar-refractivity contribution in [3.8, 4) is 0 Å². The van der Waals surface area contributed by atoms with Gasteiger partial charge < -0.3 is 5.32 Å². The van der Waals surface area contributed by atoms with Gasteiger partial charge in [-0.25, -0.2) is 4.39 Å². The van der Waals surface area contributed by atoms with E-state index in [9.17, 15) is 4.39 Å². The Morgan fingerprint density at radius 3 is 2.28 bits per heavy atom. The predicted molar refractivity (Wildman–Crippen MR) is 75.2 cm³/mol. The lowest BCUT2D eigenvalue weighted by atomic mass is 10.2. The van der Waals surface area contributed by atoms with Crippen molar-refractivity contribution in [2.45, 2.75) is 6.54 Å². The molecule has 2 rings (SSSR count). The summed E-state index contributed by atoms with van der Waals surface area (Å²) in [6, 6.07) is 9.91. The monoisotopic (exact) mass is 303 g/mol. The van der Waals surface area contributed by atoms with Gasteiger partial charge in [0.05, 0.1) is 15.1 Å². The van der Waals surface area contributed by atoms with Crippen molar-refractivity contribution in [2.75, 3.05) is 5.32 Å². The highest BCUT2D eigenvalue weighted by Crippen LogP contribution is 2.25. The molecule has 0 aliphatic heterocycles. The van der Waals surface area contributed by atoms with Crippen molar-refractivity contribution in [1.82, 2.24) is 0 Å². The Balaban J connectivity index is 2.06. The lowest BCUT2D eigenvalue weighted by molar-refractivity contribution is 0.626. The minimum Gasteiger partial charge on any atom is -0.381 e. The van der Waals surface area contributed by atoms with Gasteiger partial charge in [0.25, 0.3) is 0 Å². The van der Waals surface area contributed by atoms with Gasteiger partial charge in [0.2, 0.25) is 0 Å². The number of hydrogen-bond acceptors (Lipinski definition) is 1. The molecular weight excluding hydrogens is 296 g/mol. The Kier molecular flexibility index (Phi) is 4.33. The van der Waals surface area contributed by atoms with E-state index >= 15 is 0 Å². The van der Waals surface area contributed by atoms with Crippen molar-refractivity contribution in [2.24, 2.45) is 0 Å². The Bertz CT molecular complexity index is 521. The zero-order valence-electron chi connectivity index (χ0n) is 9.18. The first-order valence-electron chi connectivity index (χ1n) is 5.19. The molecule has 18 heavy (non-hydrogen) atoms. The lowest BCUT2D eigenvalue weighted by Crippen LogP contribution is -1.99. The molecule has 0 fully saturated rings. The van der Waals surface area contributed by atoms with Crippen LogP contribution in [0.1, 0.15) is 5.56 Å². The summed E-state index contributed by atoms with van der Waals surface area (Å²) in [4.78, 5) is 0. The third-order valence-electron chi connectivity index (χ3n) is 2.40. The minimum atomic E-state index is -0.426. The van der Waals surface area contributed by atoms with Crippen molar-refractivity contribution < 1.29 is 4.39 Å². The van der Waals surface area contributed by atoms with Crippen LogP contribution in [0.4, 0.5) is 10.1 Å². The molecular formula is C13H9Cl3FN. The van der Waals surface area contributed by atoms with Crippen LogP contribution in [0.3, 0.4) is 0 Å². The molecule has 0 saturated carbocycles. The Hall–Kier alpha value is -0.960. The van der Waals surface area contributed by atoms with E-state index in [-0.39, 0.29) is 5.02 Å². The first-order valence-corrected chi connectivity index (χ1v) is 6.32. The van der Waals surface area contributed by atoms with Crippen LogP contribution in [-0.4, -0.2) is 0 Å². The van der Waals surface area contributed by atoms with Gasteiger partial charge >= 0.3 is 0 Å². The molecule has 0 amide bonds. The second-order valence-corrected chi connectivity index (χ2v) is 4.95. The van der Waals surface area contributed by atoms with Gasteiger partial charge in [0, 0.05) is 12.2 Å². The number of hydrogen-bond donors (Lipinski definition) is 1. The maximum absolute atomic E-state index is 13.2. The van der Waals surface area contributed by atoms with E-state index < -0.39 is 5.82 Å². The Morgan fingerprint density at radius 2 is 1.61 bits per heavy atom. The molecule has 1 nitrogen and oxygen atoms in total. The van der Waals surface area contributed by atoms with Gasteiger partial charge in [-0.1, -0.05) is 40.9 Å². The second-order valence-electron chi connectivity index (χ2n) is 3.73. The molecule has 5 heteroatoms. The molecule has 0 aliphatic carbocycles. The first kappa shape index (κ1) is 13.5. The fourth-order valence-electron chi connectivity index (χ4n) is 1.46. The van der Waals surface area contributed by atoms with Gasteiger partial charge in [-0.3, -0.25) is 0 Å². The molecule has 1 N–H and O–H groups in total. The first-order chi connectivity index (χ1) is 8.56. The van der Waals surface area contributed by atoms with E-state index in [0.29, 0.717) is 16.6 Å². The fraction of sp³-hybridized carbons (Fsp3) is 0.0769. The zero-order valence-corrected chi connectivity index (χ0v) is 11.5. The number of rotatable bonds is 3. The van der Waals surface area contributed by atoms with Crippen LogP contribution in [-0.2, 0) is 6.54 Å². The van der Waals surface area contributed by atoms with Gasteiger partial charge in [0.15, 0.2) is 0 Å².